The first kappa shape index (κ1) is 30.8. The van der Waals surface area contributed by atoms with Gasteiger partial charge in [-0.2, -0.15) is 5.26 Å². The number of nitrogens with zero attached hydrogens (tertiary/aromatic N) is 4. The van der Waals surface area contributed by atoms with Crippen molar-refractivity contribution in [1.82, 2.24) is 15.0 Å². The Kier molecular flexibility index (Phi) is 7.85. The lowest BCUT2D eigenvalue weighted by Crippen LogP contribution is -2.00. The molecule has 0 aliphatic rings. The quantitative estimate of drug-likeness (QED) is 0.178. The van der Waals surface area contributed by atoms with E-state index in [-0.39, 0.29) is 0 Å². The van der Waals surface area contributed by atoms with Crippen LogP contribution in [-0.4, -0.2) is 15.0 Å². The lowest BCUT2D eigenvalue weighted by atomic mass is 9.91. The van der Waals surface area contributed by atoms with Gasteiger partial charge in [0.05, 0.1) is 11.6 Å². The molecule has 0 spiro atoms. The monoisotopic (exact) mass is 662 g/mol. The first-order valence-corrected chi connectivity index (χ1v) is 17.2. The fourth-order valence-electron chi connectivity index (χ4n) is 6.87. The number of fused-ring (bicyclic) bond motifs is 2. The van der Waals surface area contributed by atoms with E-state index in [1.807, 2.05) is 84.9 Å². The van der Waals surface area contributed by atoms with Crippen LogP contribution in [0.4, 0.5) is 0 Å². The summed E-state index contributed by atoms with van der Waals surface area (Å²) < 4.78 is 0. The van der Waals surface area contributed by atoms with Gasteiger partial charge in [-0.15, -0.1) is 0 Å². The predicted molar refractivity (Wildman–Crippen MR) is 212 cm³/mol. The van der Waals surface area contributed by atoms with Gasteiger partial charge in [-0.3, -0.25) is 0 Å². The SMILES string of the molecule is N#Cc1ccc(-c2ccc(-c3ccc4ccc(-c5ccc(-c6nc(-c7ccccc7)nc(-c7ccccc7)n6)cc5)cc4c3)c3ccccc23)cc1. The maximum absolute atomic E-state index is 9.27. The van der Waals surface area contributed by atoms with Gasteiger partial charge in [-0.25, -0.2) is 15.0 Å². The van der Waals surface area contributed by atoms with Gasteiger partial charge < -0.3 is 0 Å². The maximum atomic E-state index is 9.27. The van der Waals surface area contributed by atoms with E-state index in [0.717, 1.165) is 38.9 Å². The molecule has 1 aromatic heterocycles. The molecule has 0 bridgehead atoms. The average molecular weight is 663 g/mol. The van der Waals surface area contributed by atoms with Crippen molar-refractivity contribution >= 4 is 21.5 Å². The molecular formula is C48H30N4. The zero-order valence-corrected chi connectivity index (χ0v) is 28.1. The van der Waals surface area contributed by atoms with Gasteiger partial charge in [0.15, 0.2) is 17.5 Å². The van der Waals surface area contributed by atoms with Gasteiger partial charge in [0.2, 0.25) is 0 Å². The Hall–Kier alpha value is -7.22. The highest BCUT2D eigenvalue weighted by Crippen LogP contribution is 2.37. The largest absolute Gasteiger partial charge is 0.208 e. The van der Waals surface area contributed by atoms with Gasteiger partial charge in [0.1, 0.15) is 0 Å². The van der Waals surface area contributed by atoms with Crippen LogP contribution in [0.15, 0.2) is 182 Å². The van der Waals surface area contributed by atoms with Gasteiger partial charge in [0, 0.05) is 16.7 Å². The third-order valence-corrected chi connectivity index (χ3v) is 9.58. The van der Waals surface area contributed by atoms with Crippen molar-refractivity contribution < 1.29 is 0 Å². The minimum absolute atomic E-state index is 0.639. The van der Waals surface area contributed by atoms with Crippen LogP contribution < -0.4 is 0 Å². The predicted octanol–water partition coefficient (Wildman–Crippen LogP) is 12.1. The van der Waals surface area contributed by atoms with E-state index in [0.29, 0.717) is 23.0 Å². The summed E-state index contributed by atoms with van der Waals surface area (Å²) in [5, 5.41) is 14.0. The minimum Gasteiger partial charge on any atom is -0.208 e. The topological polar surface area (TPSA) is 62.5 Å². The van der Waals surface area contributed by atoms with Crippen molar-refractivity contribution in [2.45, 2.75) is 0 Å². The summed E-state index contributed by atoms with van der Waals surface area (Å²) >= 11 is 0. The van der Waals surface area contributed by atoms with Crippen LogP contribution >= 0.6 is 0 Å². The van der Waals surface area contributed by atoms with E-state index >= 15 is 0 Å². The third-order valence-electron chi connectivity index (χ3n) is 9.58. The molecule has 4 heteroatoms. The molecule has 0 atom stereocenters. The van der Waals surface area contributed by atoms with Gasteiger partial charge in [-0.05, 0) is 79.2 Å². The molecule has 8 aromatic carbocycles. The number of benzene rings is 8. The van der Waals surface area contributed by atoms with Crippen molar-refractivity contribution in [2.24, 2.45) is 0 Å². The number of hydrogen-bond acceptors (Lipinski definition) is 4. The van der Waals surface area contributed by atoms with E-state index in [4.69, 9.17) is 15.0 Å². The van der Waals surface area contributed by atoms with Crippen molar-refractivity contribution in [3.63, 3.8) is 0 Å². The van der Waals surface area contributed by atoms with E-state index in [2.05, 4.69) is 103 Å². The summed E-state index contributed by atoms with van der Waals surface area (Å²) in [5.41, 5.74) is 10.4. The number of nitriles is 1. The van der Waals surface area contributed by atoms with E-state index < -0.39 is 0 Å². The highest BCUT2D eigenvalue weighted by atomic mass is 15.0. The van der Waals surface area contributed by atoms with Gasteiger partial charge >= 0.3 is 0 Å². The molecule has 9 rings (SSSR count). The molecule has 0 aliphatic heterocycles. The lowest BCUT2D eigenvalue weighted by Gasteiger charge is -2.13. The van der Waals surface area contributed by atoms with Crippen molar-refractivity contribution in [3.8, 4) is 73.6 Å². The molecule has 0 unspecified atom stereocenters. The molecule has 0 radical (unpaired) electrons. The van der Waals surface area contributed by atoms with Crippen molar-refractivity contribution in [3.05, 3.63) is 188 Å². The summed E-state index contributed by atoms with van der Waals surface area (Å²) in [5.74, 6) is 1.94. The summed E-state index contributed by atoms with van der Waals surface area (Å²) in [6.07, 6.45) is 0. The smallest absolute Gasteiger partial charge is 0.164 e. The van der Waals surface area contributed by atoms with E-state index in [1.54, 1.807) is 0 Å². The Balaban J connectivity index is 1.06. The Morgan fingerprint density at radius 2 is 0.750 bits per heavy atom. The Bertz CT molecular complexity index is 2710. The van der Waals surface area contributed by atoms with Crippen LogP contribution in [-0.2, 0) is 0 Å². The van der Waals surface area contributed by atoms with Crippen LogP contribution in [0.2, 0.25) is 0 Å². The Morgan fingerprint density at radius 1 is 0.327 bits per heavy atom. The molecule has 0 saturated heterocycles. The molecule has 0 fully saturated rings. The molecule has 4 nitrogen and oxygen atoms in total. The molecular weight excluding hydrogens is 633 g/mol. The second-order valence-electron chi connectivity index (χ2n) is 12.8. The Morgan fingerprint density at radius 3 is 1.31 bits per heavy atom. The van der Waals surface area contributed by atoms with Gasteiger partial charge in [0.25, 0.3) is 0 Å². The summed E-state index contributed by atoms with van der Waals surface area (Å²) in [6.45, 7) is 0. The van der Waals surface area contributed by atoms with Crippen LogP contribution in [0, 0.1) is 11.3 Å². The molecule has 242 valence electrons. The zero-order chi connectivity index (χ0) is 34.9. The standard InChI is InChI=1S/C48H30N4/c49-31-32-15-17-35(18-16-32)42-27-28-43(45-14-8-7-13-44(42)45)40-26-22-34-21-25-39(29-41(34)30-40)33-19-23-38(24-20-33)48-51-46(36-9-3-1-4-10-36)50-47(52-48)37-11-5-2-6-12-37/h1-30H. The van der Waals surface area contributed by atoms with Crippen LogP contribution in [0.5, 0.6) is 0 Å². The number of hydrogen-bond donors (Lipinski definition) is 0. The number of rotatable bonds is 6. The summed E-state index contributed by atoms with van der Waals surface area (Å²) in [7, 11) is 0. The molecule has 0 saturated carbocycles. The summed E-state index contributed by atoms with van der Waals surface area (Å²) in [6, 6.07) is 64.9. The van der Waals surface area contributed by atoms with E-state index in [9.17, 15) is 5.26 Å². The first-order valence-electron chi connectivity index (χ1n) is 17.2. The lowest BCUT2D eigenvalue weighted by molar-refractivity contribution is 1.07. The van der Waals surface area contributed by atoms with Gasteiger partial charge in [-0.1, -0.05) is 158 Å². The highest BCUT2D eigenvalue weighted by molar-refractivity contribution is 6.06. The highest BCUT2D eigenvalue weighted by Gasteiger charge is 2.14. The molecule has 0 aliphatic carbocycles. The average Bonchev–Trinajstić information content (AvgIpc) is 3.23. The number of aromatic nitrogens is 3. The first-order chi connectivity index (χ1) is 25.7. The van der Waals surface area contributed by atoms with E-state index in [1.165, 1.54) is 32.7 Å². The second-order valence-corrected chi connectivity index (χ2v) is 12.8. The normalized spacial score (nSPS) is 11.1. The van der Waals surface area contributed by atoms with Crippen molar-refractivity contribution in [1.29, 1.82) is 5.26 Å². The third kappa shape index (κ3) is 5.87. The van der Waals surface area contributed by atoms with Crippen LogP contribution in [0.3, 0.4) is 0 Å². The van der Waals surface area contributed by atoms with Crippen LogP contribution in [0.1, 0.15) is 5.56 Å². The molecule has 9 aromatic rings. The molecule has 52 heavy (non-hydrogen) atoms. The molecule has 0 N–H and O–H groups in total. The Labute approximate surface area is 302 Å². The zero-order valence-electron chi connectivity index (χ0n) is 28.1. The summed E-state index contributed by atoms with van der Waals surface area (Å²) in [4.78, 5) is 14.6. The van der Waals surface area contributed by atoms with Crippen molar-refractivity contribution in [2.75, 3.05) is 0 Å². The minimum atomic E-state index is 0.639. The molecule has 0 amide bonds. The second kappa shape index (κ2) is 13.2. The fraction of sp³-hybridized carbons (Fsp3) is 0. The maximum Gasteiger partial charge on any atom is 0.164 e. The molecule has 1 heterocycles. The van der Waals surface area contributed by atoms with Crippen LogP contribution in [0.25, 0.3) is 89.1 Å². The fourth-order valence-corrected chi connectivity index (χ4v) is 6.87.